The van der Waals surface area contributed by atoms with E-state index in [1.165, 1.54) is 21.0 Å². The zero-order chi connectivity index (χ0) is 26.3. The Balaban J connectivity index is 1.55. The number of hydrogen-bond acceptors (Lipinski definition) is 4. The summed E-state index contributed by atoms with van der Waals surface area (Å²) >= 11 is 0.983. The Hall–Kier alpha value is -3.08. The molecule has 1 aliphatic rings. The zero-order valence-electron chi connectivity index (χ0n) is 20.1. The fraction of sp³-hybridized carbons (Fsp3) is 0.259. The molecule has 1 unspecified atom stereocenters. The predicted octanol–water partition coefficient (Wildman–Crippen LogP) is 4.95. The number of carbonyl (C=O) groups excluding carboxylic acids is 1. The topological polar surface area (TPSA) is 104 Å². The number of carbonyl (C=O) groups is 1. The number of aryl methyl sites for hydroxylation is 1. The molecule has 5 rings (SSSR count). The van der Waals surface area contributed by atoms with E-state index in [0.29, 0.717) is 23.3 Å². The van der Waals surface area contributed by atoms with Crippen molar-refractivity contribution in [3.63, 3.8) is 0 Å². The quantitative estimate of drug-likeness (QED) is 0.281. The fourth-order valence-corrected chi connectivity index (χ4v) is 5.43. The van der Waals surface area contributed by atoms with Crippen LogP contribution in [0.4, 0.5) is 10.1 Å². The van der Waals surface area contributed by atoms with Crippen LogP contribution < -0.4 is 10.0 Å². The van der Waals surface area contributed by atoms with E-state index in [2.05, 4.69) is 21.0 Å². The maximum Gasteiger partial charge on any atom is 0.252 e. The largest absolute Gasteiger partial charge is 0.755 e. The maximum absolute atomic E-state index is 13.4. The molecule has 1 aliphatic carbocycles. The van der Waals surface area contributed by atoms with Crippen molar-refractivity contribution in [3.8, 4) is 0 Å². The highest BCUT2D eigenvalue weighted by Gasteiger charge is 2.30. The Labute approximate surface area is 225 Å². The number of rotatable bonds is 9. The molecule has 0 bridgehead atoms. The van der Waals surface area contributed by atoms with Gasteiger partial charge in [-0.25, -0.2) is 8.91 Å². The van der Waals surface area contributed by atoms with Crippen molar-refractivity contribution in [2.24, 2.45) is 5.73 Å². The number of pyridine rings is 1. The highest BCUT2D eigenvalue weighted by molar-refractivity contribution is 9.10. The van der Waals surface area contributed by atoms with Gasteiger partial charge in [-0.15, -0.1) is 0 Å². The van der Waals surface area contributed by atoms with Crippen molar-refractivity contribution in [1.29, 1.82) is 0 Å². The van der Waals surface area contributed by atoms with Crippen molar-refractivity contribution in [1.82, 2.24) is 9.61 Å². The van der Waals surface area contributed by atoms with E-state index < -0.39 is 17.2 Å². The first kappa shape index (κ1) is 25.6. The summed E-state index contributed by atoms with van der Waals surface area (Å²) in [6, 6.07) is 13.8. The van der Waals surface area contributed by atoms with E-state index >= 15 is 0 Å². The van der Waals surface area contributed by atoms with E-state index in [1.807, 2.05) is 31.2 Å². The van der Waals surface area contributed by atoms with Crippen LogP contribution in [0.15, 0.2) is 59.2 Å². The van der Waals surface area contributed by atoms with Gasteiger partial charge in [0, 0.05) is 28.7 Å². The standard InChI is InChI=1S/C27H26BrFN4O3S/c1-16-12-18(4-9-22(16)28)10-11-33(37(35)36)25-15-32-24(14-21(25)19-5-6-19)26(27(30)34)23(31-32)13-17-2-7-20(29)8-3-17/h2-4,7-9,12,14-15,19H,5-6,10-11,13H2,1H3,(H2,30,34)(H,35,36)/p-1. The van der Waals surface area contributed by atoms with E-state index in [1.54, 1.807) is 18.3 Å². The molecule has 0 saturated heterocycles. The number of benzene rings is 2. The Morgan fingerprint density at radius 2 is 1.92 bits per heavy atom. The Morgan fingerprint density at radius 1 is 1.22 bits per heavy atom. The number of anilines is 1. The molecule has 2 N–H and O–H groups in total. The molecule has 4 aromatic rings. The number of amides is 1. The van der Waals surface area contributed by atoms with Gasteiger partial charge in [0.05, 0.1) is 28.7 Å². The smallest absolute Gasteiger partial charge is 0.252 e. The lowest BCUT2D eigenvalue weighted by Gasteiger charge is -2.28. The van der Waals surface area contributed by atoms with Crippen LogP contribution in [-0.2, 0) is 24.1 Å². The second-order valence-corrected chi connectivity index (χ2v) is 11.1. The third-order valence-electron chi connectivity index (χ3n) is 6.68. The van der Waals surface area contributed by atoms with Crippen molar-refractivity contribution in [2.75, 3.05) is 10.8 Å². The molecule has 37 heavy (non-hydrogen) atoms. The molecule has 10 heteroatoms. The third-order valence-corrected chi connectivity index (χ3v) is 8.30. The lowest BCUT2D eigenvalue weighted by atomic mass is 10.0. The van der Waals surface area contributed by atoms with E-state index in [0.717, 1.165) is 39.6 Å². The molecule has 2 aromatic carbocycles. The van der Waals surface area contributed by atoms with Crippen molar-refractivity contribution in [3.05, 3.63) is 98.5 Å². The van der Waals surface area contributed by atoms with Crippen LogP contribution in [0.1, 0.15) is 57.1 Å². The predicted molar refractivity (Wildman–Crippen MR) is 144 cm³/mol. The summed E-state index contributed by atoms with van der Waals surface area (Å²) in [4.78, 5) is 12.5. The Kier molecular flexibility index (Phi) is 7.15. The summed E-state index contributed by atoms with van der Waals surface area (Å²) in [6.45, 7) is 2.25. The second-order valence-electron chi connectivity index (χ2n) is 9.36. The van der Waals surface area contributed by atoms with Crippen LogP contribution in [-0.4, -0.2) is 30.8 Å². The minimum Gasteiger partial charge on any atom is -0.755 e. The molecule has 0 aliphatic heterocycles. The summed E-state index contributed by atoms with van der Waals surface area (Å²) < 4.78 is 42.1. The molecule has 192 valence electrons. The lowest BCUT2D eigenvalue weighted by Crippen LogP contribution is -2.29. The van der Waals surface area contributed by atoms with E-state index in [-0.39, 0.29) is 30.3 Å². The van der Waals surface area contributed by atoms with Crippen molar-refractivity contribution in [2.45, 2.75) is 38.5 Å². The zero-order valence-corrected chi connectivity index (χ0v) is 22.5. The summed E-state index contributed by atoms with van der Waals surface area (Å²) in [5.41, 5.74) is 11.3. The molecule has 2 heterocycles. The van der Waals surface area contributed by atoms with Crippen molar-refractivity contribution < 1.29 is 17.9 Å². The lowest BCUT2D eigenvalue weighted by molar-refractivity contribution is 0.100. The van der Waals surface area contributed by atoms with Gasteiger partial charge in [-0.05, 0) is 78.6 Å². The molecule has 1 atom stereocenters. The molecular formula is C27H25BrFN4O3S-. The molecule has 1 fully saturated rings. The molecule has 0 spiro atoms. The van der Waals surface area contributed by atoms with E-state index in [9.17, 15) is 17.9 Å². The normalized spacial score (nSPS) is 14.2. The van der Waals surface area contributed by atoms with Crippen LogP contribution in [0.5, 0.6) is 0 Å². The van der Waals surface area contributed by atoms with Gasteiger partial charge in [-0.3, -0.25) is 9.00 Å². The molecule has 1 amide bonds. The molecule has 7 nitrogen and oxygen atoms in total. The Morgan fingerprint density at radius 3 is 2.54 bits per heavy atom. The number of primary amides is 1. The number of halogens is 2. The number of nitrogens with two attached hydrogens (primary N) is 1. The van der Waals surface area contributed by atoms with Gasteiger partial charge >= 0.3 is 0 Å². The third kappa shape index (κ3) is 5.46. The van der Waals surface area contributed by atoms with Crippen LogP contribution in [0, 0.1) is 12.7 Å². The van der Waals surface area contributed by atoms with Gasteiger partial charge in [0.1, 0.15) is 5.82 Å². The first-order chi connectivity index (χ1) is 17.7. The van der Waals surface area contributed by atoms with Gasteiger partial charge in [-0.1, -0.05) is 40.2 Å². The highest BCUT2D eigenvalue weighted by Crippen LogP contribution is 2.45. The minimum absolute atomic E-state index is 0.206. The van der Waals surface area contributed by atoms with Crippen LogP contribution in [0.2, 0.25) is 0 Å². The van der Waals surface area contributed by atoms with Crippen LogP contribution in [0.3, 0.4) is 0 Å². The van der Waals surface area contributed by atoms with E-state index in [4.69, 9.17) is 5.73 Å². The summed E-state index contributed by atoms with van der Waals surface area (Å²) in [6.07, 6.45) is 4.38. The number of aromatic nitrogens is 2. The maximum atomic E-state index is 13.4. The SMILES string of the molecule is Cc1cc(CCN(c2cn3nc(Cc4ccc(F)cc4)c(C(N)=O)c3cc2C2CC2)S(=O)[O-])ccc1Br. The summed E-state index contributed by atoms with van der Waals surface area (Å²) in [5.74, 6) is -0.759. The Bertz CT molecular complexity index is 1520. The molecule has 2 aromatic heterocycles. The number of hydrogen-bond donors (Lipinski definition) is 1. The number of nitrogens with zero attached hydrogens (tertiary/aromatic N) is 3. The molecular weight excluding hydrogens is 559 g/mol. The second kappa shape index (κ2) is 10.4. The molecule has 1 saturated carbocycles. The van der Waals surface area contributed by atoms with Crippen LogP contribution >= 0.6 is 15.9 Å². The fourth-order valence-electron chi connectivity index (χ4n) is 4.63. The van der Waals surface area contributed by atoms with Gasteiger partial charge in [-0.2, -0.15) is 5.10 Å². The average Bonchev–Trinajstić information content (AvgIpc) is 3.63. The van der Waals surface area contributed by atoms with Gasteiger partial charge in [0.25, 0.3) is 5.91 Å². The summed E-state index contributed by atoms with van der Waals surface area (Å²) in [5, 5.41) is 4.60. The average molecular weight is 584 g/mol. The van der Waals surface area contributed by atoms with Gasteiger partial charge in [0.15, 0.2) is 0 Å². The first-order valence-electron chi connectivity index (χ1n) is 11.9. The highest BCUT2D eigenvalue weighted by atomic mass is 79.9. The van der Waals surface area contributed by atoms with Gasteiger partial charge in [0.2, 0.25) is 0 Å². The number of fused-ring (bicyclic) bond motifs is 1. The first-order valence-corrected chi connectivity index (χ1v) is 13.7. The minimum atomic E-state index is -2.51. The summed E-state index contributed by atoms with van der Waals surface area (Å²) in [7, 11) is 0. The van der Waals surface area contributed by atoms with Crippen LogP contribution in [0.25, 0.3) is 5.52 Å². The molecule has 0 radical (unpaired) electrons. The van der Waals surface area contributed by atoms with Crippen molar-refractivity contribution >= 4 is 44.3 Å². The monoisotopic (exact) mass is 583 g/mol. The van der Waals surface area contributed by atoms with Gasteiger partial charge < -0.3 is 14.6 Å².